The van der Waals surface area contributed by atoms with Gasteiger partial charge in [-0.25, -0.2) is 4.98 Å². The quantitative estimate of drug-likeness (QED) is 0.809. The Hall–Kier alpha value is -1.75. The first-order chi connectivity index (χ1) is 9.74. The molecule has 3 rings (SSSR count). The third-order valence-corrected chi connectivity index (χ3v) is 3.68. The van der Waals surface area contributed by atoms with Gasteiger partial charge in [-0.3, -0.25) is 9.78 Å². The van der Waals surface area contributed by atoms with E-state index in [0.29, 0.717) is 22.9 Å². The van der Waals surface area contributed by atoms with Crippen molar-refractivity contribution in [2.45, 2.75) is 25.4 Å². The van der Waals surface area contributed by atoms with Crippen LogP contribution in [0.15, 0.2) is 47.2 Å². The van der Waals surface area contributed by atoms with Crippen LogP contribution in [0.2, 0.25) is 0 Å². The zero-order chi connectivity index (χ0) is 13.9. The minimum absolute atomic E-state index is 0.0283. The Balaban J connectivity index is 1.82. The number of rotatable bonds is 4. The van der Waals surface area contributed by atoms with Gasteiger partial charge < -0.3 is 4.90 Å². The lowest BCUT2D eigenvalue weighted by molar-refractivity contribution is 0.0721. The van der Waals surface area contributed by atoms with E-state index in [0.717, 1.165) is 18.5 Å². The fourth-order valence-electron chi connectivity index (χ4n) is 2.09. The molecule has 102 valence electrons. The van der Waals surface area contributed by atoms with Crippen molar-refractivity contribution in [3.63, 3.8) is 0 Å². The maximum absolute atomic E-state index is 12.6. The van der Waals surface area contributed by atoms with Gasteiger partial charge in [0, 0.05) is 12.2 Å². The number of carbonyl (C=O) groups is 1. The molecule has 1 fully saturated rings. The average Bonchev–Trinajstić information content (AvgIpc) is 3.30. The van der Waals surface area contributed by atoms with Crippen LogP contribution in [0.3, 0.4) is 0 Å². The van der Waals surface area contributed by atoms with E-state index >= 15 is 0 Å². The minimum atomic E-state index is -0.0283. The summed E-state index contributed by atoms with van der Waals surface area (Å²) >= 11 is 3.30. The first kappa shape index (κ1) is 13.2. The molecule has 1 saturated carbocycles. The van der Waals surface area contributed by atoms with Gasteiger partial charge in [-0.1, -0.05) is 12.1 Å². The van der Waals surface area contributed by atoms with Gasteiger partial charge in [-0.05, 0) is 53.0 Å². The Bertz CT molecular complexity index is 614. The van der Waals surface area contributed by atoms with E-state index in [-0.39, 0.29) is 5.91 Å². The summed E-state index contributed by atoms with van der Waals surface area (Å²) in [6.07, 6.45) is 3.88. The summed E-state index contributed by atoms with van der Waals surface area (Å²) in [4.78, 5) is 23.0. The van der Waals surface area contributed by atoms with Crippen molar-refractivity contribution in [3.8, 4) is 0 Å². The fraction of sp³-hybridized carbons (Fsp3) is 0.267. The zero-order valence-corrected chi connectivity index (χ0v) is 12.5. The molecule has 1 amide bonds. The maximum atomic E-state index is 12.6. The van der Waals surface area contributed by atoms with E-state index in [2.05, 4.69) is 25.9 Å². The molecule has 0 aliphatic heterocycles. The number of halogens is 1. The molecule has 4 nitrogen and oxygen atoms in total. The van der Waals surface area contributed by atoms with Crippen LogP contribution in [-0.4, -0.2) is 26.8 Å². The van der Waals surface area contributed by atoms with E-state index in [1.54, 1.807) is 12.3 Å². The molecule has 20 heavy (non-hydrogen) atoms. The van der Waals surface area contributed by atoms with Crippen LogP contribution in [0.5, 0.6) is 0 Å². The summed E-state index contributed by atoms with van der Waals surface area (Å²) in [5, 5.41) is 0. The van der Waals surface area contributed by atoms with Crippen molar-refractivity contribution in [1.82, 2.24) is 14.9 Å². The smallest absolute Gasteiger partial charge is 0.273 e. The van der Waals surface area contributed by atoms with Crippen molar-refractivity contribution in [2.24, 2.45) is 0 Å². The number of carbonyl (C=O) groups excluding carboxylic acids is 1. The molecule has 2 heterocycles. The van der Waals surface area contributed by atoms with Crippen molar-refractivity contribution in [3.05, 3.63) is 58.6 Å². The number of nitrogens with zero attached hydrogens (tertiary/aromatic N) is 3. The Morgan fingerprint density at radius 3 is 2.75 bits per heavy atom. The van der Waals surface area contributed by atoms with Crippen LogP contribution in [0.1, 0.15) is 29.0 Å². The highest BCUT2D eigenvalue weighted by atomic mass is 79.9. The molecule has 1 aliphatic rings. The van der Waals surface area contributed by atoms with Crippen molar-refractivity contribution in [2.75, 3.05) is 0 Å². The normalized spacial score (nSPS) is 14.1. The van der Waals surface area contributed by atoms with Crippen molar-refractivity contribution >= 4 is 21.8 Å². The van der Waals surface area contributed by atoms with Gasteiger partial charge in [0.1, 0.15) is 10.3 Å². The summed E-state index contributed by atoms with van der Waals surface area (Å²) in [6.45, 7) is 0.540. The predicted molar refractivity (Wildman–Crippen MR) is 79.1 cm³/mol. The van der Waals surface area contributed by atoms with E-state index in [1.165, 1.54) is 0 Å². The summed E-state index contributed by atoms with van der Waals surface area (Å²) in [7, 11) is 0. The monoisotopic (exact) mass is 331 g/mol. The maximum Gasteiger partial charge on any atom is 0.273 e. The SMILES string of the molecule is O=C(c1cccc(Br)n1)N(Cc1ccccn1)C1CC1. The first-order valence-corrected chi connectivity index (χ1v) is 7.37. The van der Waals surface area contributed by atoms with E-state index in [4.69, 9.17) is 0 Å². The van der Waals surface area contributed by atoms with E-state index in [1.807, 2.05) is 35.2 Å². The summed E-state index contributed by atoms with van der Waals surface area (Å²) in [5.41, 5.74) is 1.38. The molecule has 1 aliphatic carbocycles. The Morgan fingerprint density at radius 1 is 1.25 bits per heavy atom. The molecule has 0 atom stereocenters. The van der Waals surface area contributed by atoms with Gasteiger partial charge >= 0.3 is 0 Å². The van der Waals surface area contributed by atoms with Crippen LogP contribution in [0.25, 0.3) is 0 Å². The highest BCUT2D eigenvalue weighted by Crippen LogP contribution is 2.29. The van der Waals surface area contributed by atoms with Crippen molar-refractivity contribution < 1.29 is 4.79 Å². The lowest BCUT2D eigenvalue weighted by Crippen LogP contribution is -2.33. The third kappa shape index (κ3) is 3.04. The molecule has 0 N–H and O–H groups in total. The molecule has 2 aromatic rings. The molecular formula is C15H14BrN3O. The second-order valence-corrected chi connectivity index (χ2v) is 5.64. The lowest BCUT2D eigenvalue weighted by atomic mass is 10.2. The standard InChI is InChI=1S/C15H14BrN3O/c16-14-6-3-5-13(18-14)15(20)19(12-7-8-12)10-11-4-1-2-9-17-11/h1-6,9,12H,7-8,10H2. The average molecular weight is 332 g/mol. The highest BCUT2D eigenvalue weighted by molar-refractivity contribution is 9.10. The van der Waals surface area contributed by atoms with Gasteiger partial charge in [0.2, 0.25) is 0 Å². The van der Waals surface area contributed by atoms with Crippen LogP contribution < -0.4 is 0 Å². The van der Waals surface area contributed by atoms with E-state index in [9.17, 15) is 4.79 Å². The minimum Gasteiger partial charge on any atom is -0.328 e. The van der Waals surface area contributed by atoms with Gasteiger partial charge in [0.25, 0.3) is 5.91 Å². The molecule has 0 aromatic carbocycles. The topological polar surface area (TPSA) is 46.1 Å². The van der Waals surface area contributed by atoms with Crippen LogP contribution in [0, 0.1) is 0 Å². The number of pyridine rings is 2. The lowest BCUT2D eigenvalue weighted by Gasteiger charge is -2.21. The molecule has 0 spiro atoms. The van der Waals surface area contributed by atoms with Gasteiger partial charge in [-0.15, -0.1) is 0 Å². The van der Waals surface area contributed by atoms with Crippen LogP contribution in [0.4, 0.5) is 0 Å². The summed E-state index contributed by atoms with van der Waals surface area (Å²) in [6, 6.07) is 11.5. The number of hydrogen-bond acceptors (Lipinski definition) is 3. The molecule has 5 heteroatoms. The third-order valence-electron chi connectivity index (χ3n) is 3.24. The largest absolute Gasteiger partial charge is 0.328 e. The summed E-state index contributed by atoms with van der Waals surface area (Å²) < 4.78 is 0.678. The zero-order valence-electron chi connectivity index (χ0n) is 10.9. The van der Waals surface area contributed by atoms with Gasteiger partial charge in [0.05, 0.1) is 12.2 Å². The molecule has 0 bridgehead atoms. The van der Waals surface area contributed by atoms with E-state index < -0.39 is 0 Å². The molecule has 0 saturated heterocycles. The second kappa shape index (κ2) is 5.71. The number of hydrogen-bond donors (Lipinski definition) is 0. The summed E-state index contributed by atoms with van der Waals surface area (Å²) in [5.74, 6) is -0.0283. The highest BCUT2D eigenvalue weighted by Gasteiger charge is 2.33. The Kier molecular flexibility index (Phi) is 3.78. The fourth-order valence-corrected chi connectivity index (χ4v) is 2.44. The van der Waals surface area contributed by atoms with Crippen LogP contribution in [-0.2, 0) is 6.54 Å². The van der Waals surface area contributed by atoms with Gasteiger partial charge in [0.15, 0.2) is 0 Å². The Morgan fingerprint density at radius 2 is 2.10 bits per heavy atom. The number of aromatic nitrogens is 2. The van der Waals surface area contributed by atoms with Crippen molar-refractivity contribution in [1.29, 1.82) is 0 Å². The van der Waals surface area contributed by atoms with Crippen LogP contribution >= 0.6 is 15.9 Å². The number of amides is 1. The molecule has 0 unspecified atom stereocenters. The predicted octanol–water partition coefficient (Wildman–Crippen LogP) is 3.04. The molecular weight excluding hydrogens is 318 g/mol. The molecule has 2 aromatic heterocycles. The molecule has 0 radical (unpaired) electrons. The second-order valence-electron chi connectivity index (χ2n) is 4.83. The Labute approximate surface area is 126 Å². The van der Waals surface area contributed by atoms with Gasteiger partial charge in [-0.2, -0.15) is 0 Å². The first-order valence-electron chi connectivity index (χ1n) is 6.57.